The van der Waals surface area contributed by atoms with Gasteiger partial charge < -0.3 is 5.32 Å². The summed E-state index contributed by atoms with van der Waals surface area (Å²) < 4.78 is 37.5. The highest BCUT2D eigenvalue weighted by Crippen LogP contribution is 2.28. The number of nitrogens with zero attached hydrogens (tertiary/aromatic N) is 1. The third-order valence-electron chi connectivity index (χ3n) is 4.64. The van der Waals surface area contributed by atoms with E-state index < -0.39 is 35.9 Å². The molecule has 1 atom stereocenters. The molecule has 0 radical (unpaired) electrons. The number of hydrogen-bond acceptors (Lipinski definition) is 4. The summed E-state index contributed by atoms with van der Waals surface area (Å²) in [4.78, 5) is 37.0. The molecule has 0 aliphatic carbocycles. The number of halogens is 3. The number of ketones is 1. The maximum absolute atomic E-state index is 12.5. The lowest BCUT2D eigenvalue weighted by atomic mass is 9.91. The standard InChI is InChI=1S/C18H22F3N3O3/c1-12(24-9-7-14(8-10-24)15(25)18(19,20)21)16(26)23-17(27)22-11-13-5-3-2-4-6-13/h2-6,12,14H,7-11H2,1H3,(H2,22,23,26,27). The highest BCUT2D eigenvalue weighted by molar-refractivity contribution is 5.96. The van der Waals surface area contributed by atoms with Crippen LogP contribution in [0.4, 0.5) is 18.0 Å². The topological polar surface area (TPSA) is 78.5 Å². The molecule has 148 valence electrons. The van der Waals surface area contributed by atoms with Crippen LogP contribution in [0.3, 0.4) is 0 Å². The van der Waals surface area contributed by atoms with Crippen LogP contribution < -0.4 is 10.6 Å². The molecule has 9 heteroatoms. The van der Waals surface area contributed by atoms with Gasteiger partial charge in [-0.25, -0.2) is 4.79 Å². The highest BCUT2D eigenvalue weighted by Gasteiger charge is 2.44. The number of imide groups is 1. The van der Waals surface area contributed by atoms with E-state index in [1.54, 1.807) is 11.8 Å². The van der Waals surface area contributed by atoms with Crippen molar-refractivity contribution in [2.45, 2.75) is 38.5 Å². The number of Topliss-reactive ketones (excluding diaryl/α,β-unsaturated/α-hetero) is 1. The molecule has 27 heavy (non-hydrogen) atoms. The number of likely N-dealkylation sites (tertiary alicyclic amines) is 1. The lowest BCUT2D eigenvalue weighted by Crippen LogP contribution is -2.52. The predicted molar refractivity (Wildman–Crippen MR) is 91.6 cm³/mol. The second-order valence-corrected chi connectivity index (χ2v) is 6.51. The van der Waals surface area contributed by atoms with Crippen LogP contribution in [0.1, 0.15) is 25.3 Å². The van der Waals surface area contributed by atoms with Gasteiger partial charge in [0.2, 0.25) is 11.7 Å². The fourth-order valence-corrected chi connectivity index (χ4v) is 2.98. The van der Waals surface area contributed by atoms with Gasteiger partial charge in [-0.2, -0.15) is 13.2 Å². The quantitative estimate of drug-likeness (QED) is 0.815. The van der Waals surface area contributed by atoms with Crippen molar-refractivity contribution in [3.63, 3.8) is 0 Å². The largest absolute Gasteiger partial charge is 0.450 e. The van der Waals surface area contributed by atoms with Crippen LogP contribution in [0, 0.1) is 5.92 Å². The van der Waals surface area contributed by atoms with Gasteiger partial charge in [0.1, 0.15) is 0 Å². The van der Waals surface area contributed by atoms with E-state index in [1.807, 2.05) is 30.3 Å². The Balaban J connectivity index is 1.77. The van der Waals surface area contributed by atoms with Gasteiger partial charge in [-0.15, -0.1) is 0 Å². The number of piperidine rings is 1. The van der Waals surface area contributed by atoms with E-state index in [2.05, 4.69) is 10.6 Å². The maximum atomic E-state index is 12.5. The van der Waals surface area contributed by atoms with Gasteiger partial charge in [-0.1, -0.05) is 30.3 Å². The normalized spacial score (nSPS) is 17.2. The zero-order chi connectivity index (χ0) is 20.0. The Kier molecular flexibility index (Phi) is 6.95. The monoisotopic (exact) mass is 385 g/mol. The second kappa shape index (κ2) is 8.98. The van der Waals surface area contributed by atoms with Gasteiger partial charge in [-0.3, -0.25) is 19.8 Å². The predicted octanol–water partition coefficient (Wildman–Crippen LogP) is 2.24. The van der Waals surface area contributed by atoms with Crippen molar-refractivity contribution in [3.8, 4) is 0 Å². The molecule has 2 N–H and O–H groups in total. The fraction of sp³-hybridized carbons (Fsp3) is 0.500. The molecule has 1 saturated heterocycles. The van der Waals surface area contributed by atoms with Gasteiger partial charge >= 0.3 is 12.2 Å². The van der Waals surface area contributed by atoms with Gasteiger partial charge in [0.25, 0.3) is 0 Å². The molecule has 0 aromatic heterocycles. The smallest absolute Gasteiger partial charge is 0.334 e. The molecule has 6 nitrogen and oxygen atoms in total. The van der Waals surface area contributed by atoms with E-state index in [4.69, 9.17) is 0 Å². The lowest BCUT2D eigenvalue weighted by Gasteiger charge is -2.34. The van der Waals surface area contributed by atoms with Crippen molar-refractivity contribution in [2.24, 2.45) is 5.92 Å². The maximum Gasteiger partial charge on any atom is 0.450 e. The number of amides is 3. The average Bonchev–Trinajstić information content (AvgIpc) is 2.65. The van der Waals surface area contributed by atoms with Crippen LogP contribution in [-0.2, 0) is 16.1 Å². The molecule has 1 aromatic rings. The number of urea groups is 1. The zero-order valence-corrected chi connectivity index (χ0v) is 14.9. The molecule has 1 aliphatic rings. The van der Waals surface area contributed by atoms with Crippen LogP contribution in [0.25, 0.3) is 0 Å². The van der Waals surface area contributed by atoms with Gasteiger partial charge in [-0.05, 0) is 38.4 Å². The Morgan fingerprint density at radius 1 is 1.15 bits per heavy atom. The minimum absolute atomic E-state index is 0.0379. The number of carbonyl (C=O) groups excluding carboxylic acids is 3. The molecule has 0 spiro atoms. The fourth-order valence-electron chi connectivity index (χ4n) is 2.98. The first kappa shape index (κ1) is 20.9. The highest BCUT2D eigenvalue weighted by atomic mass is 19.4. The van der Waals surface area contributed by atoms with Crippen LogP contribution in [-0.4, -0.2) is 47.9 Å². The van der Waals surface area contributed by atoms with E-state index in [0.717, 1.165) is 5.56 Å². The Morgan fingerprint density at radius 2 is 1.74 bits per heavy atom. The second-order valence-electron chi connectivity index (χ2n) is 6.51. The Bertz CT molecular complexity index is 671. The Hall–Kier alpha value is -2.42. The third kappa shape index (κ3) is 6.06. The van der Waals surface area contributed by atoms with Crippen LogP contribution in [0.2, 0.25) is 0 Å². The van der Waals surface area contributed by atoms with Gasteiger partial charge in [0, 0.05) is 12.5 Å². The first-order chi connectivity index (χ1) is 12.7. The Labute approximate surface area is 155 Å². The summed E-state index contributed by atoms with van der Waals surface area (Å²) in [5.41, 5.74) is 0.879. The van der Waals surface area contributed by atoms with Crippen molar-refractivity contribution in [2.75, 3.05) is 13.1 Å². The van der Waals surface area contributed by atoms with E-state index >= 15 is 0 Å². The molecule has 1 fully saturated rings. The number of hydrogen-bond donors (Lipinski definition) is 2. The number of nitrogens with one attached hydrogen (secondary N) is 2. The van der Waals surface area contributed by atoms with Crippen molar-refractivity contribution in [3.05, 3.63) is 35.9 Å². The van der Waals surface area contributed by atoms with Crippen LogP contribution in [0.15, 0.2) is 30.3 Å². The van der Waals surface area contributed by atoms with Crippen molar-refractivity contribution < 1.29 is 27.6 Å². The average molecular weight is 385 g/mol. The third-order valence-corrected chi connectivity index (χ3v) is 4.64. The zero-order valence-electron chi connectivity index (χ0n) is 14.9. The molecule has 0 bridgehead atoms. The molecule has 2 rings (SSSR count). The van der Waals surface area contributed by atoms with Crippen molar-refractivity contribution >= 4 is 17.7 Å². The van der Waals surface area contributed by atoms with E-state index in [0.29, 0.717) is 0 Å². The van der Waals surface area contributed by atoms with E-state index in [9.17, 15) is 27.6 Å². The van der Waals surface area contributed by atoms with Gasteiger partial charge in [0.05, 0.1) is 6.04 Å². The van der Waals surface area contributed by atoms with E-state index in [1.165, 1.54) is 0 Å². The molecule has 0 saturated carbocycles. The molecule has 3 amide bonds. The van der Waals surface area contributed by atoms with Gasteiger partial charge in [0.15, 0.2) is 0 Å². The summed E-state index contributed by atoms with van der Waals surface area (Å²) in [5, 5.41) is 4.80. The summed E-state index contributed by atoms with van der Waals surface area (Å²) in [6.45, 7) is 2.21. The molecule has 1 unspecified atom stereocenters. The molecular weight excluding hydrogens is 363 g/mol. The SMILES string of the molecule is CC(C(=O)NC(=O)NCc1ccccc1)N1CCC(C(=O)C(F)(F)F)CC1. The minimum Gasteiger partial charge on any atom is -0.334 e. The Morgan fingerprint density at radius 3 is 2.30 bits per heavy atom. The number of alkyl halides is 3. The van der Waals surface area contributed by atoms with Crippen LogP contribution >= 0.6 is 0 Å². The summed E-state index contributed by atoms with van der Waals surface area (Å²) >= 11 is 0. The number of rotatable bonds is 5. The summed E-state index contributed by atoms with van der Waals surface area (Å²) in [6, 6.07) is 7.84. The molecule has 1 aliphatic heterocycles. The number of carbonyl (C=O) groups is 3. The molecule has 1 heterocycles. The summed E-state index contributed by atoms with van der Waals surface area (Å²) in [6.07, 6.45) is -4.75. The first-order valence-corrected chi connectivity index (χ1v) is 8.66. The minimum atomic E-state index is -4.83. The summed E-state index contributed by atoms with van der Waals surface area (Å²) in [7, 11) is 0. The molecular formula is C18H22F3N3O3. The van der Waals surface area contributed by atoms with E-state index in [-0.39, 0.29) is 32.5 Å². The summed E-state index contributed by atoms with van der Waals surface area (Å²) in [5.74, 6) is -3.31. The van der Waals surface area contributed by atoms with Crippen molar-refractivity contribution in [1.29, 1.82) is 0 Å². The molecule has 1 aromatic carbocycles. The van der Waals surface area contributed by atoms with Crippen molar-refractivity contribution in [1.82, 2.24) is 15.5 Å². The lowest BCUT2D eigenvalue weighted by molar-refractivity contribution is -0.177. The number of benzene rings is 1. The first-order valence-electron chi connectivity index (χ1n) is 8.66. The van der Waals surface area contributed by atoms with Crippen LogP contribution in [0.5, 0.6) is 0 Å².